The van der Waals surface area contributed by atoms with Crippen LogP contribution in [0.5, 0.6) is 0 Å². The van der Waals surface area contributed by atoms with Gasteiger partial charge in [-0.25, -0.2) is 13.2 Å². The Bertz CT molecular complexity index is 482. The highest BCUT2D eigenvalue weighted by Gasteiger charge is 2.28. The van der Waals surface area contributed by atoms with Crippen molar-refractivity contribution in [2.75, 3.05) is 19.7 Å². The molecule has 2 rings (SSSR count). The van der Waals surface area contributed by atoms with Gasteiger partial charge in [0.05, 0.1) is 0 Å². The van der Waals surface area contributed by atoms with Crippen LogP contribution in [0.1, 0.15) is 29.6 Å². The lowest BCUT2D eigenvalue weighted by atomic mass is 9.94. The molecule has 1 heterocycles. The summed E-state index contributed by atoms with van der Waals surface area (Å²) >= 11 is 0. The minimum absolute atomic E-state index is 0.0198. The summed E-state index contributed by atoms with van der Waals surface area (Å²) in [6.07, 6.45) is 2.15. The molecule has 1 amide bonds. The quantitative estimate of drug-likeness (QED) is 0.927. The molecular weight excluding hydrogens is 271 g/mol. The Labute approximate surface area is 115 Å². The van der Waals surface area contributed by atoms with E-state index in [-0.39, 0.29) is 12.5 Å². The largest absolute Gasteiger partial charge is 0.396 e. The topological polar surface area (TPSA) is 40.5 Å². The SMILES string of the molecule is O=C(c1c(F)cc(F)cc1F)N1CCCC(CCO)C1. The molecule has 20 heavy (non-hydrogen) atoms. The molecule has 0 saturated carbocycles. The molecule has 0 aliphatic carbocycles. The van der Waals surface area contributed by atoms with Gasteiger partial charge in [-0.3, -0.25) is 4.79 Å². The summed E-state index contributed by atoms with van der Waals surface area (Å²) in [6, 6.07) is 1.01. The Kier molecular flexibility index (Phi) is 4.65. The van der Waals surface area contributed by atoms with Crippen LogP contribution in [0.2, 0.25) is 0 Å². The first-order valence-corrected chi connectivity index (χ1v) is 6.57. The van der Waals surface area contributed by atoms with Gasteiger partial charge < -0.3 is 10.0 Å². The number of amides is 1. The lowest BCUT2D eigenvalue weighted by molar-refractivity contribution is 0.0643. The standard InChI is InChI=1S/C14H16F3NO2/c15-10-6-11(16)13(12(17)7-10)14(20)18-4-1-2-9(8-18)3-5-19/h6-7,9,19H,1-5,8H2. The molecule has 1 aromatic carbocycles. The van der Waals surface area contributed by atoms with E-state index in [4.69, 9.17) is 5.11 Å². The van der Waals surface area contributed by atoms with E-state index in [9.17, 15) is 18.0 Å². The van der Waals surface area contributed by atoms with Crippen molar-refractivity contribution in [3.8, 4) is 0 Å². The number of hydrogen-bond donors (Lipinski definition) is 1. The number of nitrogens with zero attached hydrogens (tertiary/aromatic N) is 1. The van der Waals surface area contributed by atoms with Crippen molar-refractivity contribution >= 4 is 5.91 Å². The van der Waals surface area contributed by atoms with Crippen LogP contribution in [0, 0.1) is 23.4 Å². The summed E-state index contributed by atoms with van der Waals surface area (Å²) in [7, 11) is 0. The molecule has 1 unspecified atom stereocenters. The van der Waals surface area contributed by atoms with E-state index < -0.39 is 28.9 Å². The van der Waals surface area contributed by atoms with Crippen molar-refractivity contribution < 1.29 is 23.1 Å². The molecule has 1 aliphatic rings. The lowest BCUT2D eigenvalue weighted by Gasteiger charge is -2.32. The molecular formula is C14H16F3NO2. The fourth-order valence-electron chi connectivity index (χ4n) is 2.57. The molecule has 1 N–H and O–H groups in total. The van der Waals surface area contributed by atoms with Crippen LogP contribution < -0.4 is 0 Å². The lowest BCUT2D eigenvalue weighted by Crippen LogP contribution is -2.40. The van der Waals surface area contributed by atoms with Crippen LogP contribution in [0.15, 0.2) is 12.1 Å². The van der Waals surface area contributed by atoms with E-state index in [0.717, 1.165) is 12.8 Å². The van der Waals surface area contributed by atoms with Gasteiger partial charge in [0.2, 0.25) is 0 Å². The second-order valence-corrected chi connectivity index (χ2v) is 5.02. The zero-order valence-electron chi connectivity index (χ0n) is 10.9. The third-order valence-corrected chi connectivity index (χ3v) is 3.56. The predicted molar refractivity (Wildman–Crippen MR) is 66.6 cm³/mol. The van der Waals surface area contributed by atoms with Gasteiger partial charge in [0.15, 0.2) is 0 Å². The fourth-order valence-corrected chi connectivity index (χ4v) is 2.57. The van der Waals surface area contributed by atoms with Gasteiger partial charge in [-0.1, -0.05) is 0 Å². The van der Waals surface area contributed by atoms with Crippen LogP contribution in [-0.4, -0.2) is 35.6 Å². The Balaban J connectivity index is 2.19. The highest BCUT2D eigenvalue weighted by molar-refractivity contribution is 5.94. The van der Waals surface area contributed by atoms with Crippen molar-refractivity contribution in [1.82, 2.24) is 4.90 Å². The van der Waals surface area contributed by atoms with Crippen molar-refractivity contribution in [2.24, 2.45) is 5.92 Å². The molecule has 1 atom stereocenters. The van der Waals surface area contributed by atoms with E-state index in [1.807, 2.05) is 0 Å². The normalized spacial score (nSPS) is 19.2. The number of hydrogen-bond acceptors (Lipinski definition) is 2. The van der Waals surface area contributed by atoms with E-state index >= 15 is 0 Å². The maximum atomic E-state index is 13.6. The molecule has 0 spiro atoms. The van der Waals surface area contributed by atoms with E-state index in [2.05, 4.69) is 0 Å². The molecule has 0 aromatic heterocycles. The van der Waals surface area contributed by atoms with Gasteiger partial charge >= 0.3 is 0 Å². The van der Waals surface area contributed by atoms with Crippen molar-refractivity contribution in [3.63, 3.8) is 0 Å². The number of rotatable bonds is 3. The molecule has 6 heteroatoms. The Morgan fingerprint density at radius 3 is 2.55 bits per heavy atom. The number of benzene rings is 1. The predicted octanol–water partition coefficient (Wildman–Crippen LogP) is 2.34. The summed E-state index contributed by atoms with van der Waals surface area (Å²) in [5.74, 6) is -4.05. The number of carbonyl (C=O) groups excluding carboxylic acids is 1. The number of aliphatic hydroxyl groups is 1. The van der Waals surface area contributed by atoms with Crippen LogP contribution in [-0.2, 0) is 0 Å². The summed E-state index contributed by atoms with van der Waals surface area (Å²) in [5, 5.41) is 8.91. The monoisotopic (exact) mass is 287 g/mol. The maximum absolute atomic E-state index is 13.6. The van der Waals surface area contributed by atoms with Crippen molar-refractivity contribution in [1.29, 1.82) is 0 Å². The summed E-state index contributed by atoms with van der Waals surface area (Å²) < 4.78 is 40.0. The number of carbonyl (C=O) groups is 1. The third-order valence-electron chi connectivity index (χ3n) is 3.56. The van der Waals surface area contributed by atoms with E-state index in [0.29, 0.717) is 31.6 Å². The third kappa shape index (κ3) is 3.12. The zero-order valence-corrected chi connectivity index (χ0v) is 10.9. The number of aliphatic hydroxyl groups excluding tert-OH is 1. The smallest absolute Gasteiger partial charge is 0.259 e. The first kappa shape index (κ1) is 14.8. The molecule has 110 valence electrons. The average Bonchev–Trinajstić information content (AvgIpc) is 2.38. The number of likely N-dealkylation sites (tertiary alicyclic amines) is 1. The summed E-state index contributed by atoms with van der Waals surface area (Å²) in [4.78, 5) is 13.5. The molecule has 1 aromatic rings. The van der Waals surface area contributed by atoms with E-state index in [1.165, 1.54) is 4.90 Å². The second kappa shape index (κ2) is 6.26. The van der Waals surface area contributed by atoms with Gasteiger partial charge in [-0.15, -0.1) is 0 Å². The Hall–Kier alpha value is -1.56. The first-order valence-electron chi connectivity index (χ1n) is 6.57. The summed E-state index contributed by atoms with van der Waals surface area (Å²) in [6.45, 7) is 0.790. The van der Waals surface area contributed by atoms with Gasteiger partial charge in [0.1, 0.15) is 23.0 Å². The van der Waals surface area contributed by atoms with Gasteiger partial charge in [-0.05, 0) is 25.2 Å². The van der Waals surface area contributed by atoms with Gasteiger partial charge in [-0.2, -0.15) is 0 Å². The van der Waals surface area contributed by atoms with Crippen LogP contribution in [0.4, 0.5) is 13.2 Å². The molecule has 1 fully saturated rings. The molecule has 3 nitrogen and oxygen atoms in total. The maximum Gasteiger partial charge on any atom is 0.259 e. The summed E-state index contributed by atoms with van der Waals surface area (Å²) in [5.41, 5.74) is -0.712. The highest BCUT2D eigenvalue weighted by atomic mass is 19.1. The molecule has 0 bridgehead atoms. The average molecular weight is 287 g/mol. The Morgan fingerprint density at radius 2 is 1.95 bits per heavy atom. The fraction of sp³-hybridized carbons (Fsp3) is 0.500. The van der Waals surface area contributed by atoms with Gasteiger partial charge in [0.25, 0.3) is 5.91 Å². The van der Waals surface area contributed by atoms with Crippen molar-refractivity contribution in [3.05, 3.63) is 35.1 Å². The molecule has 0 radical (unpaired) electrons. The van der Waals surface area contributed by atoms with E-state index in [1.54, 1.807) is 0 Å². The number of halogens is 3. The van der Waals surface area contributed by atoms with Crippen LogP contribution >= 0.6 is 0 Å². The van der Waals surface area contributed by atoms with Gasteiger partial charge in [0, 0.05) is 31.8 Å². The first-order chi connectivity index (χ1) is 9.52. The highest BCUT2D eigenvalue weighted by Crippen LogP contribution is 2.23. The van der Waals surface area contributed by atoms with Crippen molar-refractivity contribution in [2.45, 2.75) is 19.3 Å². The molecule has 1 saturated heterocycles. The van der Waals surface area contributed by atoms with Crippen LogP contribution in [0.25, 0.3) is 0 Å². The Morgan fingerprint density at radius 1 is 1.30 bits per heavy atom. The second-order valence-electron chi connectivity index (χ2n) is 5.02. The number of piperidine rings is 1. The minimum atomic E-state index is -1.18. The van der Waals surface area contributed by atoms with Crippen LogP contribution in [0.3, 0.4) is 0 Å². The molecule has 1 aliphatic heterocycles. The zero-order chi connectivity index (χ0) is 14.7. The minimum Gasteiger partial charge on any atom is -0.396 e.